The number of Topliss-reactive ketones (excluding diaryl/α,β-unsaturated/α-hetero) is 1. The fourth-order valence-corrected chi connectivity index (χ4v) is 4.01. The van der Waals surface area contributed by atoms with Crippen molar-refractivity contribution >= 4 is 34.7 Å². The molecule has 2 heterocycles. The van der Waals surface area contributed by atoms with Gasteiger partial charge < -0.3 is 9.84 Å². The van der Waals surface area contributed by atoms with Crippen molar-refractivity contribution in [2.24, 2.45) is 0 Å². The number of nitrogens with zero attached hydrogens (tertiary/aromatic N) is 2. The molecule has 1 amide bonds. The number of halogens is 1. The van der Waals surface area contributed by atoms with Gasteiger partial charge >= 0.3 is 0 Å². The van der Waals surface area contributed by atoms with Crippen molar-refractivity contribution in [1.82, 2.24) is 4.98 Å². The van der Waals surface area contributed by atoms with E-state index in [4.69, 9.17) is 16.3 Å². The molecule has 4 rings (SSSR count). The van der Waals surface area contributed by atoms with E-state index in [0.717, 1.165) is 6.42 Å². The van der Waals surface area contributed by atoms with E-state index >= 15 is 0 Å². The van der Waals surface area contributed by atoms with Crippen LogP contribution in [-0.2, 0) is 9.59 Å². The quantitative estimate of drug-likeness (QED) is 0.299. The minimum absolute atomic E-state index is 0.0275. The van der Waals surface area contributed by atoms with E-state index in [1.807, 2.05) is 6.92 Å². The van der Waals surface area contributed by atoms with Gasteiger partial charge in [-0.3, -0.25) is 19.5 Å². The summed E-state index contributed by atoms with van der Waals surface area (Å²) in [7, 11) is 0. The van der Waals surface area contributed by atoms with Gasteiger partial charge in [-0.25, -0.2) is 0 Å². The zero-order valence-electron chi connectivity index (χ0n) is 18.3. The SMILES string of the molecule is CCCOc1ccc(/C(O)=C2\C(=O)C(=O)N(c3cccc(Cl)c3C)C2c2ccccn2)cc1. The van der Waals surface area contributed by atoms with Crippen molar-refractivity contribution in [3.05, 3.63) is 94.3 Å². The number of ether oxygens (including phenoxy) is 1. The summed E-state index contributed by atoms with van der Waals surface area (Å²) in [5.74, 6) is -1.15. The Morgan fingerprint density at radius 2 is 1.85 bits per heavy atom. The predicted octanol–water partition coefficient (Wildman–Crippen LogP) is 5.46. The third-order valence-corrected chi connectivity index (χ3v) is 5.92. The van der Waals surface area contributed by atoms with Crippen LogP contribution in [0.2, 0.25) is 5.02 Å². The molecule has 1 saturated heterocycles. The average molecular weight is 463 g/mol. The molecule has 2 aromatic carbocycles. The first-order valence-electron chi connectivity index (χ1n) is 10.6. The van der Waals surface area contributed by atoms with Gasteiger partial charge in [0.05, 0.1) is 17.9 Å². The highest BCUT2D eigenvalue weighted by atomic mass is 35.5. The van der Waals surface area contributed by atoms with Gasteiger partial charge in [-0.15, -0.1) is 0 Å². The van der Waals surface area contributed by atoms with Crippen molar-refractivity contribution in [3.8, 4) is 5.75 Å². The number of pyridine rings is 1. The molecule has 0 spiro atoms. The number of hydrogen-bond acceptors (Lipinski definition) is 5. The van der Waals surface area contributed by atoms with Crippen LogP contribution in [0.3, 0.4) is 0 Å². The zero-order valence-corrected chi connectivity index (χ0v) is 19.0. The van der Waals surface area contributed by atoms with Crippen LogP contribution in [0.5, 0.6) is 5.75 Å². The highest BCUT2D eigenvalue weighted by Crippen LogP contribution is 2.43. The molecular formula is C26H23ClN2O4. The first kappa shape index (κ1) is 22.6. The maximum atomic E-state index is 13.2. The number of aromatic nitrogens is 1. The first-order valence-corrected chi connectivity index (χ1v) is 11.0. The Labute approximate surface area is 197 Å². The maximum Gasteiger partial charge on any atom is 0.300 e. The molecule has 6 nitrogen and oxygen atoms in total. The summed E-state index contributed by atoms with van der Waals surface area (Å²) in [6.45, 7) is 4.37. The number of aliphatic hydroxyl groups excluding tert-OH is 1. The van der Waals surface area contributed by atoms with E-state index in [1.54, 1.807) is 73.8 Å². The molecular weight excluding hydrogens is 440 g/mol. The molecule has 1 N–H and O–H groups in total. The van der Waals surface area contributed by atoms with Crippen molar-refractivity contribution in [2.75, 3.05) is 11.5 Å². The van der Waals surface area contributed by atoms with Crippen molar-refractivity contribution in [2.45, 2.75) is 26.3 Å². The average Bonchev–Trinajstić information content (AvgIpc) is 3.10. The summed E-state index contributed by atoms with van der Waals surface area (Å²) in [5.41, 5.74) is 1.98. The Bertz CT molecular complexity index is 1220. The minimum Gasteiger partial charge on any atom is -0.507 e. The molecule has 1 aliphatic rings. The summed E-state index contributed by atoms with van der Waals surface area (Å²) in [6, 6.07) is 16.3. The Hall–Kier alpha value is -3.64. The Morgan fingerprint density at radius 3 is 2.52 bits per heavy atom. The summed E-state index contributed by atoms with van der Waals surface area (Å²) >= 11 is 6.30. The number of benzene rings is 2. The number of anilines is 1. The van der Waals surface area contributed by atoms with E-state index < -0.39 is 17.7 Å². The topological polar surface area (TPSA) is 79.7 Å². The molecule has 168 valence electrons. The molecule has 0 bridgehead atoms. The lowest BCUT2D eigenvalue weighted by Gasteiger charge is -2.26. The molecule has 0 saturated carbocycles. The molecule has 1 fully saturated rings. The van der Waals surface area contributed by atoms with Crippen molar-refractivity contribution in [1.29, 1.82) is 0 Å². The standard InChI is InChI=1S/C26H23ClN2O4/c1-3-15-33-18-12-10-17(11-13-18)24(30)22-23(20-8-4-5-14-28-20)29(26(32)25(22)31)21-9-6-7-19(27)16(21)2/h4-14,23,30H,3,15H2,1-2H3/b24-22+. The molecule has 0 radical (unpaired) electrons. The summed E-state index contributed by atoms with van der Waals surface area (Å²) in [5, 5.41) is 11.7. The smallest absolute Gasteiger partial charge is 0.300 e. The van der Waals surface area contributed by atoms with Crippen LogP contribution in [-0.4, -0.2) is 28.4 Å². The second-order valence-electron chi connectivity index (χ2n) is 7.68. The Kier molecular flexibility index (Phi) is 6.47. The fraction of sp³-hybridized carbons (Fsp3) is 0.192. The van der Waals surface area contributed by atoms with Crippen LogP contribution >= 0.6 is 11.6 Å². The number of carbonyl (C=O) groups is 2. The van der Waals surface area contributed by atoms with Crippen LogP contribution in [0.4, 0.5) is 5.69 Å². The van der Waals surface area contributed by atoms with Crippen LogP contribution in [0.15, 0.2) is 72.4 Å². The van der Waals surface area contributed by atoms with Gasteiger partial charge in [0.2, 0.25) is 0 Å². The number of aliphatic hydroxyl groups is 1. The van der Waals surface area contributed by atoms with Gasteiger partial charge in [-0.1, -0.05) is 30.7 Å². The van der Waals surface area contributed by atoms with Crippen molar-refractivity contribution in [3.63, 3.8) is 0 Å². The van der Waals surface area contributed by atoms with Crippen LogP contribution in [0, 0.1) is 6.92 Å². The first-order chi connectivity index (χ1) is 15.9. The lowest BCUT2D eigenvalue weighted by molar-refractivity contribution is -0.132. The van der Waals surface area contributed by atoms with Gasteiger partial charge in [0.15, 0.2) is 0 Å². The Balaban J connectivity index is 1.87. The number of carbonyl (C=O) groups excluding carboxylic acids is 2. The van der Waals surface area contributed by atoms with Gasteiger partial charge in [-0.05, 0) is 67.4 Å². The number of rotatable bonds is 6. The Morgan fingerprint density at radius 1 is 1.09 bits per heavy atom. The lowest BCUT2D eigenvalue weighted by atomic mass is 9.98. The monoisotopic (exact) mass is 462 g/mol. The third-order valence-electron chi connectivity index (χ3n) is 5.51. The normalized spacial score (nSPS) is 17.4. The summed E-state index contributed by atoms with van der Waals surface area (Å²) in [4.78, 5) is 32.2. The molecule has 1 unspecified atom stereocenters. The van der Waals surface area contributed by atoms with Gasteiger partial charge in [-0.2, -0.15) is 0 Å². The molecule has 1 aromatic heterocycles. The highest BCUT2D eigenvalue weighted by molar-refractivity contribution is 6.52. The van der Waals surface area contributed by atoms with Crippen LogP contribution in [0.1, 0.15) is 36.2 Å². The van der Waals surface area contributed by atoms with E-state index in [2.05, 4.69) is 4.98 Å². The predicted molar refractivity (Wildman–Crippen MR) is 127 cm³/mol. The van der Waals surface area contributed by atoms with E-state index in [1.165, 1.54) is 4.90 Å². The number of amides is 1. The third kappa shape index (κ3) is 4.22. The van der Waals surface area contributed by atoms with Crippen molar-refractivity contribution < 1.29 is 19.4 Å². The highest BCUT2D eigenvalue weighted by Gasteiger charge is 2.48. The molecule has 7 heteroatoms. The second-order valence-corrected chi connectivity index (χ2v) is 8.09. The summed E-state index contributed by atoms with van der Waals surface area (Å²) in [6.07, 6.45) is 2.46. The number of hydrogen-bond donors (Lipinski definition) is 1. The van der Waals surface area contributed by atoms with E-state index in [0.29, 0.717) is 39.9 Å². The largest absolute Gasteiger partial charge is 0.507 e. The molecule has 1 aliphatic heterocycles. The number of ketones is 1. The van der Waals surface area contributed by atoms with E-state index in [-0.39, 0.29) is 11.3 Å². The minimum atomic E-state index is -0.903. The zero-order chi connectivity index (χ0) is 23.5. The van der Waals surface area contributed by atoms with Gasteiger partial charge in [0.25, 0.3) is 11.7 Å². The van der Waals surface area contributed by atoms with Gasteiger partial charge in [0.1, 0.15) is 17.6 Å². The molecule has 1 atom stereocenters. The molecule has 3 aromatic rings. The molecule has 33 heavy (non-hydrogen) atoms. The molecule has 0 aliphatic carbocycles. The van der Waals surface area contributed by atoms with E-state index in [9.17, 15) is 14.7 Å². The fourth-order valence-electron chi connectivity index (χ4n) is 3.84. The summed E-state index contributed by atoms with van der Waals surface area (Å²) < 4.78 is 5.59. The lowest BCUT2D eigenvalue weighted by Crippen LogP contribution is -2.30. The second kappa shape index (κ2) is 9.46. The van der Waals surface area contributed by atoms with Gasteiger partial charge in [0, 0.05) is 22.5 Å². The van der Waals surface area contributed by atoms with Crippen LogP contribution < -0.4 is 9.64 Å². The van der Waals surface area contributed by atoms with Crippen LogP contribution in [0.25, 0.3) is 5.76 Å². The maximum absolute atomic E-state index is 13.2.